The maximum atomic E-state index is 13.4. The van der Waals surface area contributed by atoms with Crippen LogP contribution in [0.15, 0.2) is 53.4 Å². The van der Waals surface area contributed by atoms with Gasteiger partial charge in [0.2, 0.25) is 21.8 Å². The summed E-state index contributed by atoms with van der Waals surface area (Å²) in [6.45, 7) is 3.46. The van der Waals surface area contributed by atoms with Gasteiger partial charge in [-0.1, -0.05) is 56.0 Å². The molecule has 1 aliphatic heterocycles. The van der Waals surface area contributed by atoms with E-state index in [0.717, 1.165) is 42.5 Å². The molecule has 1 saturated carbocycles. The van der Waals surface area contributed by atoms with Crippen LogP contribution in [0.25, 0.3) is 0 Å². The van der Waals surface area contributed by atoms with Crippen LogP contribution in [0.3, 0.4) is 0 Å². The first kappa shape index (κ1) is 25.4. The Labute approximate surface area is 208 Å². The average molecular weight is 498 g/mol. The van der Waals surface area contributed by atoms with E-state index in [1.54, 1.807) is 17.0 Å². The van der Waals surface area contributed by atoms with Crippen molar-refractivity contribution in [3.8, 4) is 0 Å². The molecule has 1 aliphatic carbocycles. The van der Waals surface area contributed by atoms with E-state index < -0.39 is 16.1 Å². The first-order valence-electron chi connectivity index (χ1n) is 12.5. The fraction of sp³-hybridized carbons (Fsp3) is 0.481. The maximum Gasteiger partial charge on any atom is 0.241 e. The topological polar surface area (TPSA) is 95.6 Å². The first-order chi connectivity index (χ1) is 16.7. The Morgan fingerprint density at radius 1 is 1.03 bits per heavy atom. The number of sulfonamides is 1. The standard InChI is InChI=1S/C27H35N3O4S/c1-19-16-22-18-24(14-15-26(22)30(19)20(2)31)35(33,34)29-25(17-21-10-6-5-7-11-21)27(32)28-23-12-8-3-4-9-13-23/h5-7,10-11,14-15,18-19,23,25,29H,3-4,8-9,12-13,16-17H2,1-2H3,(H,28,32). The molecule has 0 saturated heterocycles. The number of fused-ring (bicyclic) bond motifs is 1. The number of carbonyl (C=O) groups is 2. The Hall–Kier alpha value is -2.71. The summed E-state index contributed by atoms with van der Waals surface area (Å²) in [5, 5.41) is 3.11. The highest BCUT2D eigenvalue weighted by molar-refractivity contribution is 7.89. The van der Waals surface area contributed by atoms with E-state index in [4.69, 9.17) is 0 Å². The molecule has 0 aromatic heterocycles. The Kier molecular flexibility index (Phi) is 7.91. The second-order valence-electron chi connectivity index (χ2n) is 9.79. The highest BCUT2D eigenvalue weighted by atomic mass is 32.2. The number of rotatable bonds is 7. The van der Waals surface area contributed by atoms with Crippen molar-refractivity contribution in [2.75, 3.05) is 4.90 Å². The molecule has 35 heavy (non-hydrogen) atoms. The monoisotopic (exact) mass is 497 g/mol. The van der Waals surface area contributed by atoms with Crippen molar-refractivity contribution in [2.45, 2.75) is 88.2 Å². The van der Waals surface area contributed by atoms with Crippen LogP contribution in [0.1, 0.15) is 63.5 Å². The van der Waals surface area contributed by atoms with E-state index in [9.17, 15) is 18.0 Å². The van der Waals surface area contributed by atoms with Gasteiger partial charge in [0.05, 0.1) is 4.90 Å². The molecule has 2 atom stereocenters. The van der Waals surface area contributed by atoms with Crippen LogP contribution in [0.5, 0.6) is 0 Å². The number of hydrogen-bond donors (Lipinski definition) is 2. The lowest BCUT2D eigenvalue weighted by atomic mass is 10.0. The van der Waals surface area contributed by atoms with Gasteiger partial charge in [-0.05, 0) is 61.9 Å². The summed E-state index contributed by atoms with van der Waals surface area (Å²) in [7, 11) is -3.96. The third kappa shape index (κ3) is 6.11. The summed E-state index contributed by atoms with van der Waals surface area (Å²) in [6, 6.07) is 13.4. The summed E-state index contributed by atoms with van der Waals surface area (Å²) in [4.78, 5) is 27.1. The van der Waals surface area contributed by atoms with Crippen molar-refractivity contribution in [1.29, 1.82) is 0 Å². The summed E-state index contributed by atoms with van der Waals surface area (Å²) in [6.07, 6.45) is 7.19. The lowest BCUT2D eigenvalue weighted by Gasteiger charge is -2.23. The molecule has 0 bridgehead atoms. The third-order valence-electron chi connectivity index (χ3n) is 7.01. The highest BCUT2D eigenvalue weighted by Crippen LogP contribution is 2.34. The van der Waals surface area contributed by atoms with Crippen molar-refractivity contribution < 1.29 is 18.0 Å². The quantitative estimate of drug-likeness (QED) is 0.570. The van der Waals surface area contributed by atoms with Gasteiger partial charge in [-0.15, -0.1) is 0 Å². The number of nitrogens with one attached hydrogen (secondary N) is 2. The Balaban J connectivity index is 1.56. The predicted octanol–water partition coefficient (Wildman–Crippen LogP) is 3.71. The second kappa shape index (κ2) is 10.9. The molecule has 4 rings (SSSR count). The zero-order valence-corrected chi connectivity index (χ0v) is 21.3. The molecule has 0 spiro atoms. The van der Waals surface area contributed by atoms with E-state index in [1.165, 1.54) is 25.8 Å². The number of anilines is 1. The molecular weight excluding hydrogens is 462 g/mol. The molecular formula is C27H35N3O4S. The zero-order chi connectivity index (χ0) is 25.0. The maximum absolute atomic E-state index is 13.4. The van der Waals surface area contributed by atoms with E-state index in [1.807, 2.05) is 37.3 Å². The van der Waals surface area contributed by atoms with Gasteiger partial charge in [0, 0.05) is 24.7 Å². The minimum absolute atomic E-state index is 0.0235. The van der Waals surface area contributed by atoms with Crippen LogP contribution in [-0.2, 0) is 32.5 Å². The number of benzene rings is 2. The molecule has 1 fully saturated rings. The van der Waals surface area contributed by atoms with Crippen LogP contribution < -0.4 is 14.9 Å². The Morgan fingerprint density at radius 3 is 2.37 bits per heavy atom. The molecule has 0 radical (unpaired) electrons. The molecule has 2 unspecified atom stereocenters. The van der Waals surface area contributed by atoms with Crippen molar-refractivity contribution in [3.05, 3.63) is 59.7 Å². The molecule has 2 amide bonds. The zero-order valence-electron chi connectivity index (χ0n) is 20.5. The van der Waals surface area contributed by atoms with Gasteiger partial charge in [0.25, 0.3) is 0 Å². The minimum atomic E-state index is -3.96. The number of hydrogen-bond acceptors (Lipinski definition) is 4. The molecule has 2 N–H and O–H groups in total. The Morgan fingerprint density at radius 2 is 1.71 bits per heavy atom. The summed E-state index contributed by atoms with van der Waals surface area (Å²) in [5.41, 5.74) is 2.45. The largest absolute Gasteiger partial charge is 0.352 e. The van der Waals surface area contributed by atoms with E-state index in [0.29, 0.717) is 6.42 Å². The first-order valence-corrected chi connectivity index (χ1v) is 14.0. The molecule has 188 valence electrons. The van der Waals surface area contributed by atoms with Crippen molar-refractivity contribution in [3.63, 3.8) is 0 Å². The average Bonchev–Trinajstić information content (AvgIpc) is 2.96. The lowest BCUT2D eigenvalue weighted by molar-refractivity contribution is -0.123. The van der Waals surface area contributed by atoms with Gasteiger partial charge in [-0.2, -0.15) is 4.72 Å². The second-order valence-corrected chi connectivity index (χ2v) is 11.5. The minimum Gasteiger partial charge on any atom is -0.352 e. The number of nitrogens with zero attached hydrogens (tertiary/aromatic N) is 1. The van der Waals surface area contributed by atoms with Gasteiger partial charge < -0.3 is 10.2 Å². The summed E-state index contributed by atoms with van der Waals surface area (Å²) in [5.74, 6) is -0.357. The molecule has 8 heteroatoms. The fourth-order valence-electron chi connectivity index (χ4n) is 5.27. The van der Waals surface area contributed by atoms with Gasteiger partial charge in [0.15, 0.2) is 0 Å². The summed E-state index contributed by atoms with van der Waals surface area (Å²) < 4.78 is 29.5. The SMILES string of the molecule is CC(=O)N1c2ccc(S(=O)(=O)NC(Cc3ccccc3)C(=O)NC3CCCCCC3)cc2CC1C. The van der Waals surface area contributed by atoms with E-state index in [-0.39, 0.29) is 35.2 Å². The van der Waals surface area contributed by atoms with Gasteiger partial charge in [-0.3, -0.25) is 9.59 Å². The van der Waals surface area contributed by atoms with Gasteiger partial charge in [-0.25, -0.2) is 8.42 Å². The van der Waals surface area contributed by atoms with Crippen LogP contribution in [0.4, 0.5) is 5.69 Å². The van der Waals surface area contributed by atoms with Crippen LogP contribution in [0, 0.1) is 0 Å². The van der Waals surface area contributed by atoms with Gasteiger partial charge >= 0.3 is 0 Å². The molecule has 7 nitrogen and oxygen atoms in total. The van der Waals surface area contributed by atoms with Crippen LogP contribution in [0.2, 0.25) is 0 Å². The molecule has 2 aromatic rings. The smallest absolute Gasteiger partial charge is 0.241 e. The Bertz CT molecular complexity index is 1160. The van der Waals surface area contributed by atoms with Gasteiger partial charge in [0.1, 0.15) is 6.04 Å². The van der Waals surface area contributed by atoms with Crippen molar-refractivity contribution in [2.24, 2.45) is 0 Å². The number of carbonyl (C=O) groups excluding carboxylic acids is 2. The van der Waals surface area contributed by atoms with Crippen molar-refractivity contribution in [1.82, 2.24) is 10.0 Å². The van der Waals surface area contributed by atoms with Crippen LogP contribution >= 0.6 is 0 Å². The third-order valence-corrected chi connectivity index (χ3v) is 8.48. The number of amides is 2. The lowest BCUT2D eigenvalue weighted by Crippen LogP contribution is -2.50. The molecule has 1 heterocycles. The van der Waals surface area contributed by atoms with Crippen molar-refractivity contribution >= 4 is 27.5 Å². The highest BCUT2D eigenvalue weighted by Gasteiger charge is 2.32. The predicted molar refractivity (Wildman–Crippen MR) is 137 cm³/mol. The fourth-order valence-corrected chi connectivity index (χ4v) is 6.52. The van der Waals surface area contributed by atoms with Crippen LogP contribution in [-0.4, -0.2) is 38.4 Å². The van der Waals surface area contributed by atoms with E-state index in [2.05, 4.69) is 10.0 Å². The van der Waals surface area contributed by atoms with E-state index >= 15 is 0 Å². The normalized spacial score (nSPS) is 19.6. The molecule has 2 aromatic carbocycles. The molecule has 2 aliphatic rings. The summed E-state index contributed by atoms with van der Waals surface area (Å²) >= 11 is 0.